The van der Waals surface area contributed by atoms with Crippen LogP contribution in [0.25, 0.3) is 0 Å². The summed E-state index contributed by atoms with van der Waals surface area (Å²) in [6.45, 7) is 13.6. The summed E-state index contributed by atoms with van der Waals surface area (Å²) in [6, 6.07) is 27.2. The van der Waals surface area contributed by atoms with E-state index in [1.54, 1.807) is 0 Å². The third-order valence-electron chi connectivity index (χ3n) is 9.37. The lowest BCUT2D eigenvalue weighted by Crippen LogP contribution is -2.36. The fourth-order valence-electron chi connectivity index (χ4n) is 7.17. The summed E-state index contributed by atoms with van der Waals surface area (Å²) < 4.78 is 34.6. The largest absolute Gasteiger partial charge is 0.491 e. The van der Waals surface area contributed by atoms with E-state index < -0.39 is 5.41 Å². The number of fused-ring (bicyclic) bond motifs is 2. The molecule has 0 aromatic heterocycles. The first kappa shape index (κ1) is 30.9. The van der Waals surface area contributed by atoms with E-state index in [9.17, 15) is 0 Å². The van der Waals surface area contributed by atoms with Gasteiger partial charge in [0.1, 0.15) is 36.9 Å². The van der Waals surface area contributed by atoms with Gasteiger partial charge in [-0.25, -0.2) is 0 Å². The van der Waals surface area contributed by atoms with Crippen molar-refractivity contribution in [1.29, 1.82) is 0 Å². The average molecular weight is 621 g/mol. The Morgan fingerprint density at radius 2 is 0.978 bits per heavy atom. The molecule has 7 rings (SSSR count). The van der Waals surface area contributed by atoms with Gasteiger partial charge >= 0.3 is 0 Å². The molecule has 3 aliphatic rings. The summed E-state index contributed by atoms with van der Waals surface area (Å²) in [7, 11) is 0. The van der Waals surface area contributed by atoms with E-state index in [1.165, 1.54) is 33.4 Å². The standard InChI is InChI=1S/C40H44O6/c1-26-17-32(18-27(2)38(26)43-15-13-41-22-34-24-45-34)40(36-11-7-5-9-30(36)21-31-10-6-8-12-37(31)40)33-19-28(3)39(29(4)20-33)44-16-14-42-23-35-25-46-35/h5-12,17-20,34-35H,13-16,21-25H2,1-4H3. The second kappa shape index (κ2) is 13.2. The molecule has 4 aromatic carbocycles. The molecule has 0 radical (unpaired) electrons. The van der Waals surface area contributed by atoms with Crippen LogP contribution in [0.15, 0.2) is 72.8 Å². The van der Waals surface area contributed by atoms with E-state index in [0.717, 1.165) is 53.4 Å². The molecule has 6 heteroatoms. The molecule has 0 N–H and O–H groups in total. The molecule has 2 atom stereocenters. The Balaban J connectivity index is 1.29. The van der Waals surface area contributed by atoms with Crippen LogP contribution >= 0.6 is 0 Å². The first-order valence-corrected chi connectivity index (χ1v) is 16.5. The summed E-state index contributed by atoms with van der Waals surface area (Å²) in [5.41, 5.74) is 11.8. The Hall–Kier alpha value is -3.68. The molecule has 6 nitrogen and oxygen atoms in total. The van der Waals surface area contributed by atoms with Crippen molar-refractivity contribution >= 4 is 0 Å². The highest BCUT2D eigenvalue weighted by Gasteiger charge is 2.44. The summed E-state index contributed by atoms with van der Waals surface area (Å²) in [5.74, 6) is 1.85. The zero-order chi connectivity index (χ0) is 31.7. The first-order chi connectivity index (χ1) is 22.4. The molecule has 2 aliphatic heterocycles. The number of hydrogen-bond donors (Lipinski definition) is 0. The van der Waals surface area contributed by atoms with Crippen LogP contribution in [0, 0.1) is 27.7 Å². The molecule has 0 bridgehead atoms. The number of aryl methyl sites for hydroxylation is 4. The Bertz CT molecular complexity index is 1530. The van der Waals surface area contributed by atoms with Crippen LogP contribution in [0.2, 0.25) is 0 Å². The maximum Gasteiger partial charge on any atom is 0.125 e. The predicted octanol–water partition coefficient (Wildman–Crippen LogP) is 6.80. The van der Waals surface area contributed by atoms with Gasteiger partial charge in [-0.1, -0.05) is 72.8 Å². The molecule has 2 heterocycles. The molecular formula is C40H44O6. The molecule has 240 valence electrons. The third kappa shape index (κ3) is 6.19. The molecule has 46 heavy (non-hydrogen) atoms. The lowest BCUT2D eigenvalue weighted by atomic mass is 9.59. The maximum atomic E-state index is 6.32. The van der Waals surface area contributed by atoms with Crippen LogP contribution in [-0.4, -0.2) is 65.1 Å². The minimum atomic E-state index is -0.520. The quantitative estimate of drug-likeness (QED) is 0.101. The smallest absolute Gasteiger partial charge is 0.125 e. The Morgan fingerprint density at radius 3 is 1.37 bits per heavy atom. The van der Waals surface area contributed by atoms with Gasteiger partial charge in [0.15, 0.2) is 0 Å². The van der Waals surface area contributed by atoms with Gasteiger partial charge in [0, 0.05) is 0 Å². The SMILES string of the molecule is Cc1cc(C2(c3cc(C)c(OCCOCC4CO4)c(C)c3)c3ccccc3Cc3ccccc32)cc(C)c1OCCOCC1CO1. The van der Waals surface area contributed by atoms with E-state index in [-0.39, 0.29) is 12.2 Å². The molecule has 2 fully saturated rings. The molecule has 2 saturated heterocycles. The number of benzene rings is 4. The van der Waals surface area contributed by atoms with Crippen LogP contribution < -0.4 is 9.47 Å². The summed E-state index contributed by atoms with van der Waals surface area (Å²) in [6.07, 6.45) is 1.42. The third-order valence-corrected chi connectivity index (χ3v) is 9.37. The molecule has 1 aliphatic carbocycles. The molecular weight excluding hydrogens is 576 g/mol. The zero-order valence-corrected chi connectivity index (χ0v) is 27.4. The fraction of sp³-hybridized carbons (Fsp3) is 0.400. The van der Waals surface area contributed by atoms with Crippen molar-refractivity contribution in [2.45, 2.75) is 51.7 Å². The van der Waals surface area contributed by atoms with Crippen molar-refractivity contribution in [2.24, 2.45) is 0 Å². The Kier molecular flexibility index (Phi) is 8.88. The molecule has 0 amide bonds. The lowest BCUT2D eigenvalue weighted by Gasteiger charge is -2.43. The van der Waals surface area contributed by atoms with Gasteiger partial charge in [-0.2, -0.15) is 0 Å². The highest BCUT2D eigenvalue weighted by molar-refractivity contribution is 5.69. The van der Waals surface area contributed by atoms with Crippen LogP contribution in [-0.2, 0) is 30.8 Å². The van der Waals surface area contributed by atoms with Gasteiger partial charge in [0.2, 0.25) is 0 Å². The van der Waals surface area contributed by atoms with Gasteiger partial charge < -0.3 is 28.4 Å². The van der Waals surface area contributed by atoms with E-state index in [4.69, 9.17) is 28.4 Å². The molecule has 2 unspecified atom stereocenters. The van der Waals surface area contributed by atoms with Crippen LogP contribution in [0.4, 0.5) is 0 Å². The summed E-state index contributed by atoms with van der Waals surface area (Å²) in [4.78, 5) is 0. The van der Waals surface area contributed by atoms with Gasteiger partial charge in [-0.05, 0) is 89.8 Å². The highest BCUT2D eigenvalue weighted by atomic mass is 16.6. The normalized spacial score (nSPS) is 18.9. The maximum absolute atomic E-state index is 6.32. The topological polar surface area (TPSA) is 62.0 Å². The minimum Gasteiger partial charge on any atom is -0.491 e. The van der Waals surface area contributed by atoms with E-state index in [0.29, 0.717) is 39.6 Å². The molecule has 4 aromatic rings. The Morgan fingerprint density at radius 1 is 0.587 bits per heavy atom. The van der Waals surface area contributed by atoms with E-state index in [2.05, 4.69) is 100 Å². The van der Waals surface area contributed by atoms with E-state index in [1.807, 2.05) is 0 Å². The monoisotopic (exact) mass is 620 g/mol. The zero-order valence-electron chi connectivity index (χ0n) is 27.4. The van der Waals surface area contributed by atoms with Gasteiger partial charge in [-0.3, -0.25) is 0 Å². The Labute approximate surface area is 272 Å². The highest BCUT2D eigenvalue weighted by Crippen LogP contribution is 2.52. The lowest BCUT2D eigenvalue weighted by molar-refractivity contribution is 0.0874. The average Bonchev–Trinajstić information content (AvgIpc) is 3.98. The van der Waals surface area contributed by atoms with Crippen molar-refractivity contribution in [3.05, 3.63) is 128 Å². The van der Waals surface area contributed by atoms with Crippen LogP contribution in [0.1, 0.15) is 55.6 Å². The van der Waals surface area contributed by atoms with Crippen molar-refractivity contribution in [3.63, 3.8) is 0 Å². The van der Waals surface area contributed by atoms with Crippen molar-refractivity contribution < 1.29 is 28.4 Å². The molecule has 0 spiro atoms. The minimum absolute atomic E-state index is 0.259. The van der Waals surface area contributed by atoms with Gasteiger partial charge in [-0.15, -0.1) is 0 Å². The van der Waals surface area contributed by atoms with Crippen molar-refractivity contribution in [3.8, 4) is 11.5 Å². The number of rotatable bonds is 14. The number of hydrogen-bond acceptors (Lipinski definition) is 6. The number of ether oxygens (including phenoxy) is 6. The van der Waals surface area contributed by atoms with Gasteiger partial charge in [0.05, 0.1) is 45.1 Å². The second-order valence-corrected chi connectivity index (χ2v) is 12.9. The van der Waals surface area contributed by atoms with Gasteiger partial charge in [0.25, 0.3) is 0 Å². The summed E-state index contributed by atoms with van der Waals surface area (Å²) in [5, 5.41) is 0. The fourth-order valence-corrected chi connectivity index (χ4v) is 7.17. The van der Waals surface area contributed by atoms with Crippen molar-refractivity contribution in [1.82, 2.24) is 0 Å². The predicted molar refractivity (Wildman–Crippen MR) is 179 cm³/mol. The first-order valence-electron chi connectivity index (χ1n) is 16.5. The second-order valence-electron chi connectivity index (χ2n) is 12.9. The van der Waals surface area contributed by atoms with Crippen molar-refractivity contribution in [2.75, 3.05) is 52.9 Å². The molecule has 0 saturated carbocycles. The van der Waals surface area contributed by atoms with Crippen LogP contribution in [0.3, 0.4) is 0 Å². The summed E-state index contributed by atoms with van der Waals surface area (Å²) >= 11 is 0. The van der Waals surface area contributed by atoms with Crippen LogP contribution in [0.5, 0.6) is 11.5 Å². The number of epoxide rings is 2. The van der Waals surface area contributed by atoms with E-state index >= 15 is 0 Å².